The minimum atomic E-state index is 0.420. The molecule has 2 fully saturated rings. The lowest BCUT2D eigenvalue weighted by Crippen LogP contribution is -2.41. The molecule has 4 heterocycles. The van der Waals surface area contributed by atoms with Crippen LogP contribution < -0.4 is 10.6 Å². The molecule has 1 aliphatic heterocycles. The average Bonchev–Trinajstić information content (AvgIpc) is 3.36. The Morgan fingerprint density at radius 3 is 3.04 bits per heavy atom. The van der Waals surface area contributed by atoms with Crippen LogP contribution in [0.4, 0.5) is 5.82 Å². The van der Waals surface area contributed by atoms with Crippen molar-refractivity contribution in [2.75, 3.05) is 11.9 Å². The summed E-state index contributed by atoms with van der Waals surface area (Å²) in [6.45, 7) is 1.14. The molecule has 124 valence electrons. The number of fused-ring (bicyclic) bond motifs is 3. The molecule has 0 amide bonds. The second-order valence-electron chi connectivity index (χ2n) is 6.79. The fourth-order valence-corrected chi connectivity index (χ4v) is 4.00. The smallest absolute Gasteiger partial charge is 0.145 e. The van der Waals surface area contributed by atoms with Crippen molar-refractivity contribution in [1.82, 2.24) is 24.7 Å². The first-order valence-electron chi connectivity index (χ1n) is 8.50. The number of rotatable bonds is 3. The van der Waals surface area contributed by atoms with Gasteiger partial charge in [-0.2, -0.15) is 5.26 Å². The summed E-state index contributed by atoms with van der Waals surface area (Å²) in [6.07, 6.45) is 9.56. The minimum absolute atomic E-state index is 0.420. The minimum Gasteiger partial charge on any atom is -0.364 e. The fourth-order valence-electron chi connectivity index (χ4n) is 4.00. The first-order chi connectivity index (χ1) is 12.3. The van der Waals surface area contributed by atoms with Gasteiger partial charge in [-0.25, -0.2) is 9.97 Å². The van der Waals surface area contributed by atoms with Crippen LogP contribution in [0.1, 0.15) is 18.4 Å². The fraction of sp³-hybridized carbons (Fsp3) is 0.333. The zero-order valence-corrected chi connectivity index (χ0v) is 13.6. The molecule has 25 heavy (non-hydrogen) atoms. The first-order valence-corrected chi connectivity index (χ1v) is 8.50. The van der Waals surface area contributed by atoms with Crippen LogP contribution in [0.2, 0.25) is 0 Å². The summed E-state index contributed by atoms with van der Waals surface area (Å²) >= 11 is 0. The van der Waals surface area contributed by atoms with Crippen LogP contribution in [0.5, 0.6) is 0 Å². The normalized spacial score (nSPS) is 24.5. The summed E-state index contributed by atoms with van der Waals surface area (Å²) < 4.78 is 1.92. The maximum Gasteiger partial charge on any atom is 0.145 e. The molecule has 5 rings (SSSR count). The Morgan fingerprint density at radius 2 is 2.24 bits per heavy atom. The highest BCUT2D eigenvalue weighted by molar-refractivity contribution is 5.62. The number of piperidine rings is 1. The largest absolute Gasteiger partial charge is 0.364 e. The number of hydrogen-bond donors (Lipinski definition) is 2. The van der Waals surface area contributed by atoms with E-state index in [0.29, 0.717) is 17.6 Å². The molecule has 7 nitrogen and oxygen atoms in total. The number of hydrogen-bond acceptors (Lipinski definition) is 6. The van der Waals surface area contributed by atoms with E-state index in [2.05, 4.69) is 26.7 Å². The highest BCUT2D eigenvalue weighted by Gasteiger charge is 2.39. The number of nitrogens with one attached hydrogen (secondary N) is 2. The van der Waals surface area contributed by atoms with Gasteiger partial charge in [0.1, 0.15) is 17.2 Å². The van der Waals surface area contributed by atoms with Gasteiger partial charge >= 0.3 is 0 Å². The van der Waals surface area contributed by atoms with Gasteiger partial charge in [-0.15, -0.1) is 0 Å². The van der Waals surface area contributed by atoms with Gasteiger partial charge in [0.2, 0.25) is 0 Å². The Morgan fingerprint density at radius 1 is 1.28 bits per heavy atom. The van der Waals surface area contributed by atoms with Gasteiger partial charge in [0.25, 0.3) is 0 Å². The molecule has 1 saturated carbocycles. The van der Waals surface area contributed by atoms with E-state index in [1.807, 2.05) is 10.6 Å². The van der Waals surface area contributed by atoms with Crippen LogP contribution in [0.15, 0.2) is 36.9 Å². The number of anilines is 1. The molecule has 7 heteroatoms. The summed E-state index contributed by atoms with van der Waals surface area (Å²) in [4.78, 5) is 13.5. The van der Waals surface area contributed by atoms with E-state index in [1.54, 1.807) is 30.7 Å². The van der Waals surface area contributed by atoms with Crippen molar-refractivity contribution in [2.45, 2.75) is 24.9 Å². The molecule has 0 spiro atoms. The van der Waals surface area contributed by atoms with E-state index in [0.717, 1.165) is 35.3 Å². The van der Waals surface area contributed by atoms with Gasteiger partial charge < -0.3 is 10.6 Å². The van der Waals surface area contributed by atoms with Crippen LogP contribution in [0, 0.1) is 17.2 Å². The maximum absolute atomic E-state index is 9.02. The van der Waals surface area contributed by atoms with Gasteiger partial charge in [-0.1, -0.05) is 0 Å². The van der Waals surface area contributed by atoms with Crippen molar-refractivity contribution in [2.24, 2.45) is 5.92 Å². The third kappa shape index (κ3) is 2.42. The summed E-state index contributed by atoms with van der Waals surface area (Å²) in [6, 6.07) is 6.63. The Kier molecular flexibility index (Phi) is 3.18. The number of pyridine rings is 1. The molecule has 1 saturated heterocycles. The maximum atomic E-state index is 9.02. The lowest BCUT2D eigenvalue weighted by Gasteiger charge is -2.24. The highest BCUT2D eigenvalue weighted by Crippen LogP contribution is 2.33. The Labute approximate surface area is 144 Å². The Balaban J connectivity index is 1.46. The van der Waals surface area contributed by atoms with Crippen molar-refractivity contribution in [3.63, 3.8) is 0 Å². The molecule has 0 aromatic carbocycles. The lowest BCUT2D eigenvalue weighted by atomic mass is 10.1. The first kappa shape index (κ1) is 14.4. The van der Waals surface area contributed by atoms with Crippen LogP contribution in [-0.4, -0.2) is 38.0 Å². The van der Waals surface area contributed by atoms with E-state index >= 15 is 0 Å². The second kappa shape index (κ2) is 5.53. The summed E-state index contributed by atoms with van der Waals surface area (Å²) in [5.74, 6) is 1.58. The van der Waals surface area contributed by atoms with E-state index < -0.39 is 0 Å². The van der Waals surface area contributed by atoms with Crippen LogP contribution in [0.25, 0.3) is 17.0 Å². The highest BCUT2D eigenvalue weighted by atomic mass is 15.1. The standard InChI is InChI=1S/C18H17N7/c19-6-11-1-2-25-16(9-22-18(25)5-11)15-8-20-10-17(24-15)23-14-4-12-3-13(14)21-7-12/h1-2,5,8-10,12-14,21H,3-4,7H2,(H,23,24)/t12-,13+,14+/m0/s1. The quantitative estimate of drug-likeness (QED) is 0.761. The van der Waals surface area contributed by atoms with Crippen molar-refractivity contribution in [3.05, 3.63) is 42.5 Å². The van der Waals surface area contributed by atoms with E-state index in [1.165, 1.54) is 12.8 Å². The van der Waals surface area contributed by atoms with Gasteiger partial charge in [0.05, 0.1) is 35.9 Å². The van der Waals surface area contributed by atoms with Crippen molar-refractivity contribution in [3.8, 4) is 17.5 Å². The molecule has 0 radical (unpaired) electrons. The summed E-state index contributed by atoms with van der Waals surface area (Å²) in [5, 5.41) is 16.1. The predicted molar refractivity (Wildman–Crippen MR) is 92.9 cm³/mol. The predicted octanol–water partition coefficient (Wildman–Crippen LogP) is 1.83. The molecule has 0 unspecified atom stereocenters. The van der Waals surface area contributed by atoms with Crippen LogP contribution >= 0.6 is 0 Å². The second-order valence-corrected chi connectivity index (χ2v) is 6.79. The number of aromatic nitrogens is 4. The zero-order chi connectivity index (χ0) is 16.8. The molecule has 3 atom stereocenters. The molecule has 2 N–H and O–H groups in total. The van der Waals surface area contributed by atoms with Crippen molar-refractivity contribution in [1.29, 1.82) is 5.26 Å². The van der Waals surface area contributed by atoms with Gasteiger partial charge in [-0.05, 0) is 37.4 Å². The summed E-state index contributed by atoms with van der Waals surface area (Å²) in [7, 11) is 0. The molecular weight excluding hydrogens is 314 g/mol. The summed E-state index contributed by atoms with van der Waals surface area (Å²) in [5.41, 5.74) is 2.95. The zero-order valence-electron chi connectivity index (χ0n) is 13.6. The molecule has 3 aromatic heterocycles. The van der Waals surface area contributed by atoms with E-state index in [4.69, 9.17) is 10.2 Å². The number of nitrogens with zero attached hydrogens (tertiary/aromatic N) is 5. The van der Waals surface area contributed by atoms with Gasteiger partial charge in [0, 0.05) is 18.3 Å². The Hall–Kier alpha value is -2.98. The molecule has 3 aromatic rings. The lowest BCUT2D eigenvalue weighted by molar-refractivity contribution is 0.465. The molecule has 2 bridgehead atoms. The van der Waals surface area contributed by atoms with Crippen molar-refractivity contribution < 1.29 is 0 Å². The molecular formula is C18H17N7. The topological polar surface area (TPSA) is 90.9 Å². The third-order valence-corrected chi connectivity index (χ3v) is 5.20. The van der Waals surface area contributed by atoms with Gasteiger partial charge in [0.15, 0.2) is 0 Å². The van der Waals surface area contributed by atoms with Crippen LogP contribution in [-0.2, 0) is 0 Å². The average molecular weight is 331 g/mol. The number of nitriles is 1. The SMILES string of the molecule is N#Cc1ccn2c(-c3cncc(N[C@@H]4C[C@H]5CN[C@@H]4C5)n3)cnc2c1. The van der Waals surface area contributed by atoms with E-state index in [-0.39, 0.29) is 0 Å². The van der Waals surface area contributed by atoms with Crippen LogP contribution in [0.3, 0.4) is 0 Å². The monoisotopic (exact) mass is 331 g/mol. The number of imidazole rings is 1. The van der Waals surface area contributed by atoms with Gasteiger partial charge in [-0.3, -0.25) is 9.38 Å². The molecule has 2 aliphatic rings. The molecule has 1 aliphatic carbocycles. The Bertz CT molecular complexity index is 986. The third-order valence-electron chi connectivity index (χ3n) is 5.20. The van der Waals surface area contributed by atoms with Crippen molar-refractivity contribution >= 4 is 11.5 Å². The van der Waals surface area contributed by atoms with E-state index in [9.17, 15) is 0 Å².